The van der Waals surface area contributed by atoms with Crippen LogP contribution in [-0.4, -0.2) is 12.2 Å². The van der Waals surface area contributed by atoms with Crippen LogP contribution in [-0.2, 0) is 12.0 Å². The molecule has 2 heteroatoms. The maximum atomic E-state index is 9.08. The van der Waals surface area contributed by atoms with Crippen LogP contribution in [0, 0.1) is 0 Å². The molecule has 0 aromatic heterocycles. The van der Waals surface area contributed by atoms with Gasteiger partial charge in [0, 0.05) is 5.56 Å². The van der Waals surface area contributed by atoms with Crippen molar-refractivity contribution < 1.29 is 9.84 Å². The Kier molecular flexibility index (Phi) is 5.04. The van der Waals surface area contributed by atoms with Gasteiger partial charge in [-0.2, -0.15) is 0 Å². The number of aliphatic hydroxyl groups is 1. The Hall–Kier alpha value is -2.06. The highest BCUT2D eigenvalue weighted by Gasteiger charge is 2.14. The van der Waals surface area contributed by atoms with Gasteiger partial charge < -0.3 is 9.84 Å². The molecule has 0 amide bonds. The van der Waals surface area contributed by atoms with Gasteiger partial charge >= 0.3 is 0 Å². The highest BCUT2D eigenvalue weighted by atomic mass is 16.5. The van der Waals surface area contributed by atoms with E-state index >= 15 is 0 Å². The smallest absolute Gasteiger partial charge is 0.126 e. The minimum atomic E-state index is 0.0748. The summed E-state index contributed by atoms with van der Waals surface area (Å²) in [6, 6.07) is 14.2. The van der Waals surface area contributed by atoms with Gasteiger partial charge in [0.05, 0.1) is 13.7 Å². The Morgan fingerprint density at radius 3 is 2.23 bits per heavy atom. The fourth-order valence-electron chi connectivity index (χ4n) is 2.25. The molecule has 2 rings (SSSR count). The Morgan fingerprint density at radius 1 is 1.00 bits per heavy atom. The standard InChI is InChI=1S/C20H24O2/c1-20(2,3)18-11-12-19(22-4)17(13-18)10-9-15-5-7-16(14-21)8-6-15/h5-13,21H,14H2,1-4H3. The molecule has 0 fully saturated rings. The lowest BCUT2D eigenvalue weighted by Gasteiger charge is -2.20. The predicted octanol–water partition coefficient (Wildman–Crippen LogP) is 4.66. The van der Waals surface area contributed by atoms with E-state index in [-0.39, 0.29) is 12.0 Å². The third kappa shape index (κ3) is 3.99. The molecule has 0 aliphatic heterocycles. The lowest BCUT2D eigenvalue weighted by Crippen LogP contribution is -2.11. The molecule has 1 N–H and O–H groups in total. The first-order valence-electron chi connectivity index (χ1n) is 7.50. The van der Waals surface area contributed by atoms with E-state index in [2.05, 4.69) is 45.1 Å². The van der Waals surface area contributed by atoms with Crippen molar-refractivity contribution in [3.63, 3.8) is 0 Å². The summed E-state index contributed by atoms with van der Waals surface area (Å²) in [6.45, 7) is 6.69. The van der Waals surface area contributed by atoms with E-state index in [0.717, 1.165) is 22.4 Å². The molecule has 0 saturated heterocycles. The average molecular weight is 296 g/mol. The maximum Gasteiger partial charge on any atom is 0.126 e. The second-order valence-corrected chi connectivity index (χ2v) is 6.44. The minimum Gasteiger partial charge on any atom is -0.496 e. The highest BCUT2D eigenvalue weighted by Crippen LogP contribution is 2.29. The zero-order chi connectivity index (χ0) is 16.2. The van der Waals surface area contributed by atoms with Gasteiger partial charge in [0.25, 0.3) is 0 Å². The summed E-state index contributed by atoms with van der Waals surface area (Å²) in [6.07, 6.45) is 4.13. The van der Waals surface area contributed by atoms with Crippen LogP contribution in [0.2, 0.25) is 0 Å². The van der Waals surface area contributed by atoms with Crippen molar-refractivity contribution >= 4 is 12.2 Å². The van der Waals surface area contributed by atoms with Gasteiger partial charge in [-0.15, -0.1) is 0 Å². The van der Waals surface area contributed by atoms with E-state index in [9.17, 15) is 0 Å². The van der Waals surface area contributed by atoms with Crippen molar-refractivity contribution in [2.75, 3.05) is 7.11 Å². The quantitative estimate of drug-likeness (QED) is 0.832. The van der Waals surface area contributed by atoms with E-state index in [1.165, 1.54) is 5.56 Å². The molecule has 0 bridgehead atoms. The first-order valence-corrected chi connectivity index (χ1v) is 7.50. The number of ether oxygens (including phenoxy) is 1. The first kappa shape index (κ1) is 16.3. The van der Waals surface area contributed by atoms with E-state index in [1.54, 1.807) is 7.11 Å². The molecule has 116 valence electrons. The molecular weight excluding hydrogens is 272 g/mol. The summed E-state index contributed by atoms with van der Waals surface area (Å²) in [5.74, 6) is 0.872. The van der Waals surface area contributed by atoms with Crippen LogP contribution >= 0.6 is 0 Å². The Morgan fingerprint density at radius 2 is 1.68 bits per heavy atom. The van der Waals surface area contributed by atoms with Crippen LogP contribution in [0.5, 0.6) is 5.75 Å². The van der Waals surface area contributed by atoms with Crippen molar-refractivity contribution in [2.24, 2.45) is 0 Å². The summed E-state index contributed by atoms with van der Waals surface area (Å²) in [5, 5.41) is 9.08. The lowest BCUT2D eigenvalue weighted by molar-refractivity contribution is 0.282. The summed E-state index contributed by atoms with van der Waals surface area (Å²) in [7, 11) is 1.69. The van der Waals surface area contributed by atoms with Crippen LogP contribution in [0.4, 0.5) is 0 Å². The zero-order valence-electron chi connectivity index (χ0n) is 13.8. The molecule has 22 heavy (non-hydrogen) atoms. The van der Waals surface area contributed by atoms with Gasteiger partial charge in [0.1, 0.15) is 5.75 Å². The number of methoxy groups -OCH3 is 1. The van der Waals surface area contributed by atoms with Gasteiger partial charge in [-0.3, -0.25) is 0 Å². The van der Waals surface area contributed by atoms with Crippen LogP contribution in [0.3, 0.4) is 0 Å². The predicted molar refractivity (Wildman–Crippen MR) is 93.0 cm³/mol. The minimum absolute atomic E-state index is 0.0748. The summed E-state index contributed by atoms with van der Waals surface area (Å²) in [5.41, 5.74) is 4.48. The second-order valence-electron chi connectivity index (χ2n) is 6.44. The molecule has 2 aromatic rings. The molecule has 2 nitrogen and oxygen atoms in total. The molecule has 0 atom stereocenters. The molecule has 0 unspecified atom stereocenters. The molecule has 0 aliphatic rings. The topological polar surface area (TPSA) is 29.5 Å². The molecule has 0 spiro atoms. The van der Waals surface area contributed by atoms with Crippen LogP contribution in [0.25, 0.3) is 12.2 Å². The molecular formula is C20H24O2. The van der Waals surface area contributed by atoms with Crippen LogP contribution in [0.15, 0.2) is 42.5 Å². The summed E-state index contributed by atoms with van der Waals surface area (Å²) in [4.78, 5) is 0. The largest absolute Gasteiger partial charge is 0.496 e. The van der Waals surface area contributed by atoms with E-state index in [0.29, 0.717) is 0 Å². The van der Waals surface area contributed by atoms with Gasteiger partial charge in [-0.25, -0.2) is 0 Å². The second kappa shape index (κ2) is 6.80. The number of hydrogen-bond acceptors (Lipinski definition) is 2. The zero-order valence-corrected chi connectivity index (χ0v) is 13.8. The Labute approximate surface area is 133 Å². The first-order chi connectivity index (χ1) is 10.4. The molecule has 0 radical (unpaired) electrons. The Bertz CT molecular complexity index is 646. The van der Waals surface area contributed by atoms with Gasteiger partial charge in [-0.05, 0) is 34.2 Å². The molecule has 0 saturated carbocycles. The number of hydrogen-bond donors (Lipinski definition) is 1. The molecule has 0 aliphatic carbocycles. The van der Waals surface area contributed by atoms with Gasteiger partial charge in [0.2, 0.25) is 0 Å². The van der Waals surface area contributed by atoms with E-state index in [4.69, 9.17) is 9.84 Å². The van der Waals surface area contributed by atoms with Crippen molar-refractivity contribution in [1.29, 1.82) is 0 Å². The van der Waals surface area contributed by atoms with Crippen molar-refractivity contribution in [3.8, 4) is 5.75 Å². The SMILES string of the molecule is COc1ccc(C(C)(C)C)cc1C=Cc1ccc(CO)cc1. The lowest BCUT2D eigenvalue weighted by atomic mass is 9.86. The van der Waals surface area contributed by atoms with E-state index in [1.807, 2.05) is 30.3 Å². The van der Waals surface area contributed by atoms with Crippen molar-refractivity contribution in [3.05, 3.63) is 64.7 Å². The number of benzene rings is 2. The van der Waals surface area contributed by atoms with E-state index < -0.39 is 0 Å². The molecule has 2 aromatic carbocycles. The monoisotopic (exact) mass is 296 g/mol. The number of rotatable bonds is 4. The summed E-state index contributed by atoms with van der Waals surface area (Å²) < 4.78 is 5.45. The number of aliphatic hydroxyl groups excluding tert-OH is 1. The normalized spacial score (nSPS) is 11.9. The third-order valence-electron chi connectivity index (χ3n) is 3.71. The molecule has 0 heterocycles. The van der Waals surface area contributed by atoms with Gasteiger partial charge in [0.15, 0.2) is 0 Å². The maximum absolute atomic E-state index is 9.08. The average Bonchev–Trinajstić information content (AvgIpc) is 2.52. The Balaban J connectivity index is 2.31. The van der Waals surface area contributed by atoms with Crippen LogP contribution in [0.1, 0.15) is 43.0 Å². The van der Waals surface area contributed by atoms with Crippen LogP contribution < -0.4 is 4.74 Å². The summed E-state index contributed by atoms with van der Waals surface area (Å²) >= 11 is 0. The fraction of sp³-hybridized carbons (Fsp3) is 0.300. The van der Waals surface area contributed by atoms with Crippen molar-refractivity contribution in [2.45, 2.75) is 32.8 Å². The van der Waals surface area contributed by atoms with Crippen molar-refractivity contribution in [1.82, 2.24) is 0 Å². The highest BCUT2D eigenvalue weighted by molar-refractivity contribution is 5.73. The fourth-order valence-corrected chi connectivity index (χ4v) is 2.25. The van der Waals surface area contributed by atoms with Gasteiger partial charge in [-0.1, -0.05) is 63.3 Å². The third-order valence-corrected chi connectivity index (χ3v) is 3.71.